The molecule has 14 heavy (non-hydrogen) atoms. The molecule has 5 heteroatoms. The molecule has 2 rings (SSSR count). The quantitative estimate of drug-likeness (QED) is 0.765. The third-order valence-electron chi connectivity index (χ3n) is 2.52. The normalized spacial score (nSPS) is 22.1. The highest BCUT2D eigenvalue weighted by Gasteiger charge is 2.17. The average molecular weight is 195 g/mol. The van der Waals surface area contributed by atoms with E-state index in [0.717, 1.165) is 18.8 Å². The summed E-state index contributed by atoms with van der Waals surface area (Å²) < 4.78 is 0. The van der Waals surface area contributed by atoms with Gasteiger partial charge in [-0.1, -0.05) is 0 Å². The molecule has 1 unspecified atom stereocenters. The van der Waals surface area contributed by atoms with Crippen molar-refractivity contribution in [1.29, 1.82) is 0 Å². The van der Waals surface area contributed by atoms with Gasteiger partial charge in [0.25, 0.3) is 0 Å². The van der Waals surface area contributed by atoms with E-state index in [4.69, 9.17) is 0 Å². The molecular formula is C9H17N5. The summed E-state index contributed by atoms with van der Waals surface area (Å²) in [5.41, 5.74) is 0. The van der Waals surface area contributed by atoms with Crippen molar-refractivity contribution in [3.05, 3.63) is 5.82 Å². The Kier molecular flexibility index (Phi) is 2.77. The maximum Gasteiger partial charge on any atom is 0.176 e. The van der Waals surface area contributed by atoms with Crippen molar-refractivity contribution in [3.63, 3.8) is 0 Å². The first-order valence-corrected chi connectivity index (χ1v) is 5.27. The first-order valence-electron chi connectivity index (χ1n) is 5.27. The lowest BCUT2D eigenvalue weighted by atomic mass is 10.1. The van der Waals surface area contributed by atoms with Crippen LogP contribution in [0.25, 0.3) is 0 Å². The largest absolute Gasteiger partial charge is 0.314 e. The van der Waals surface area contributed by atoms with E-state index in [2.05, 4.69) is 34.6 Å². The van der Waals surface area contributed by atoms with Crippen molar-refractivity contribution in [2.75, 3.05) is 6.54 Å². The third-order valence-corrected chi connectivity index (χ3v) is 2.52. The van der Waals surface area contributed by atoms with Crippen LogP contribution >= 0.6 is 0 Å². The Labute approximate surface area is 83.9 Å². The zero-order chi connectivity index (χ0) is 9.97. The van der Waals surface area contributed by atoms with E-state index in [1.165, 1.54) is 12.8 Å². The van der Waals surface area contributed by atoms with Crippen molar-refractivity contribution >= 4 is 0 Å². The summed E-state index contributed by atoms with van der Waals surface area (Å²) in [6.07, 6.45) is 3.41. The molecule has 2 heterocycles. The zero-order valence-electron chi connectivity index (χ0n) is 8.77. The molecule has 1 fully saturated rings. The highest BCUT2D eigenvalue weighted by molar-refractivity contribution is 4.87. The molecule has 1 aliphatic rings. The Morgan fingerprint density at radius 1 is 1.57 bits per heavy atom. The van der Waals surface area contributed by atoms with Crippen LogP contribution in [-0.2, 0) is 6.42 Å². The minimum atomic E-state index is 0.299. The van der Waals surface area contributed by atoms with Crippen LogP contribution in [0.4, 0.5) is 0 Å². The summed E-state index contributed by atoms with van der Waals surface area (Å²) in [6.45, 7) is 5.24. The molecule has 1 aromatic rings. The summed E-state index contributed by atoms with van der Waals surface area (Å²) in [5.74, 6) is 0.859. The van der Waals surface area contributed by atoms with Gasteiger partial charge in [-0.25, -0.2) is 0 Å². The SMILES string of the molecule is CC(C)n1nnc(CC2CCCN2)n1. The Bertz CT molecular complexity index is 287. The summed E-state index contributed by atoms with van der Waals surface area (Å²) in [4.78, 5) is 1.67. The number of hydrogen-bond donors (Lipinski definition) is 1. The van der Waals surface area contributed by atoms with Crippen LogP contribution in [0.3, 0.4) is 0 Å². The second-order valence-corrected chi connectivity index (χ2v) is 4.12. The summed E-state index contributed by atoms with van der Waals surface area (Å²) in [7, 11) is 0. The van der Waals surface area contributed by atoms with Gasteiger partial charge in [0.1, 0.15) is 0 Å². The van der Waals surface area contributed by atoms with Gasteiger partial charge in [0.05, 0.1) is 6.04 Å². The first kappa shape index (κ1) is 9.58. The van der Waals surface area contributed by atoms with Gasteiger partial charge in [0.15, 0.2) is 5.82 Å². The van der Waals surface area contributed by atoms with Gasteiger partial charge in [-0.05, 0) is 38.4 Å². The molecule has 1 aromatic heterocycles. The molecule has 0 bridgehead atoms. The minimum absolute atomic E-state index is 0.299. The summed E-state index contributed by atoms with van der Waals surface area (Å²) in [6, 6.07) is 0.854. The lowest BCUT2D eigenvalue weighted by molar-refractivity contribution is 0.452. The fraction of sp³-hybridized carbons (Fsp3) is 0.889. The van der Waals surface area contributed by atoms with Crippen LogP contribution in [-0.4, -0.2) is 32.8 Å². The van der Waals surface area contributed by atoms with Crippen molar-refractivity contribution < 1.29 is 0 Å². The van der Waals surface area contributed by atoms with Crippen molar-refractivity contribution in [2.24, 2.45) is 0 Å². The zero-order valence-corrected chi connectivity index (χ0v) is 8.77. The highest BCUT2D eigenvalue weighted by atomic mass is 15.6. The number of nitrogens with one attached hydrogen (secondary N) is 1. The van der Waals surface area contributed by atoms with Gasteiger partial charge in [0, 0.05) is 12.5 Å². The Morgan fingerprint density at radius 3 is 3.00 bits per heavy atom. The van der Waals surface area contributed by atoms with Crippen LogP contribution in [0.5, 0.6) is 0 Å². The minimum Gasteiger partial charge on any atom is -0.314 e. The molecule has 0 radical (unpaired) electrons. The molecule has 1 N–H and O–H groups in total. The maximum absolute atomic E-state index is 4.33. The molecule has 0 spiro atoms. The maximum atomic E-state index is 4.33. The van der Waals surface area contributed by atoms with Crippen molar-refractivity contribution in [2.45, 2.75) is 45.2 Å². The first-order chi connectivity index (χ1) is 6.75. The monoisotopic (exact) mass is 195 g/mol. The van der Waals surface area contributed by atoms with Gasteiger partial charge >= 0.3 is 0 Å². The number of tetrazole rings is 1. The Hall–Kier alpha value is -0.970. The molecule has 0 amide bonds. The Balaban J connectivity index is 1.95. The molecule has 0 aromatic carbocycles. The van der Waals surface area contributed by atoms with Crippen molar-refractivity contribution in [1.82, 2.24) is 25.5 Å². The second-order valence-electron chi connectivity index (χ2n) is 4.12. The lowest BCUT2D eigenvalue weighted by Gasteiger charge is -2.05. The van der Waals surface area contributed by atoms with Gasteiger partial charge in [-0.3, -0.25) is 0 Å². The number of aromatic nitrogens is 4. The van der Waals surface area contributed by atoms with Gasteiger partial charge in [-0.15, -0.1) is 10.2 Å². The fourth-order valence-electron chi connectivity index (χ4n) is 1.71. The highest BCUT2D eigenvalue weighted by Crippen LogP contribution is 2.09. The van der Waals surface area contributed by atoms with Crippen LogP contribution in [0.15, 0.2) is 0 Å². The number of hydrogen-bond acceptors (Lipinski definition) is 4. The predicted octanol–water partition coefficient (Wildman–Crippen LogP) is 0.548. The standard InChI is InChI=1S/C9H17N5/c1-7(2)14-12-9(11-13-14)6-8-4-3-5-10-8/h7-8,10H,3-6H2,1-2H3. The van der Waals surface area contributed by atoms with Crippen LogP contribution in [0.2, 0.25) is 0 Å². The number of nitrogens with zero attached hydrogens (tertiary/aromatic N) is 4. The van der Waals surface area contributed by atoms with E-state index >= 15 is 0 Å². The average Bonchev–Trinajstić information content (AvgIpc) is 2.75. The summed E-state index contributed by atoms with van der Waals surface area (Å²) >= 11 is 0. The number of rotatable bonds is 3. The molecule has 0 aliphatic carbocycles. The topological polar surface area (TPSA) is 55.6 Å². The lowest BCUT2D eigenvalue weighted by Crippen LogP contribution is -2.24. The second kappa shape index (κ2) is 4.04. The molecule has 1 saturated heterocycles. The Morgan fingerprint density at radius 2 is 2.43 bits per heavy atom. The van der Waals surface area contributed by atoms with E-state index < -0.39 is 0 Å². The smallest absolute Gasteiger partial charge is 0.176 e. The van der Waals surface area contributed by atoms with Crippen molar-refractivity contribution in [3.8, 4) is 0 Å². The molecule has 0 saturated carbocycles. The molecular weight excluding hydrogens is 178 g/mol. The molecule has 1 atom stereocenters. The van der Waals surface area contributed by atoms with E-state index in [-0.39, 0.29) is 0 Å². The van der Waals surface area contributed by atoms with Crippen LogP contribution < -0.4 is 5.32 Å². The molecule has 78 valence electrons. The van der Waals surface area contributed by atoms with E-state index in [9.17, 15) is 0 Å². The van der Waals surface area contributed by atoms with E-state index in [1.54, 1.807) is 4.80 Å². The van der Waals surface area contributed by atoms with E-state index in [0.29, 0.717) is 12.1 Å². The van der Waals surface area contributed by atoms with Crippen LogP contribution in [0.1, 0.15) is 38.6 Å². The van der Waals surface area contributed by atoms with Crippen LogP contribution in [0, 0.1) is 0 Å². The molecule has 1 aliphatic heterocycles. The third kappa shape index (κ3) is 2.09. The fourth-order valence-corrected chi connectivity index (χ4v) is 1.71. The van der Waals surface area contributed by atoms with Gasteiger partial charge in [-0.2, -0.15) is 4.80 Å². The van der Waals surface area contributed by atoms with Gasteiger partial charge < -0.3 is 5.32 Å². The summed E-state index contributed by atoms with van der Waals surface area (Å²) in [5, 5.41) is 15.8. The predicted molar refractivity (Wildman–Crippen MR) is 52.9 cm³/mol. The molecule has 5 nitrogen and oxygen atoms in total. The van der Waals surface area contributed by atoms with E-state index in [1.807, 2.05) is 0 Å². The van der Waals surface area contributed by atoms with Gasteiger partial charge in [0.2, 0.25) is 0 Å².